The topological polar surface area (TPSA) is 93.9 Å². The number of carbonyl (C=O) groups excluding carboxylic acids is 2. The van der Waals surface area contributed by atoms with E-state index in [0.29, 0.717) is 25.2 Å². The summed E-state index contributed by atoms with van der Waals surface area (Å²) in [6.45, 7) is 8.32. The van der Waals surface area contributed by atoms with Crippen molar-refractivity contribution in [2.45, 2.75) is 45.8 Å². The highest BCUT2D eigenvalue weighted by atomic mass is 16.6. The maximum absolute atomic E-state index is 12.5. The molecule has 172 valence electrons. The Labute approximate surface area is 189 Å². The van der Waals surface area contributed by atoms with Crippen LogP contribution >= 0.6 is 0 Å². The van der Waals surface area contributed by atoms with Crippen LogP contribution in [0.3, 0.4) is 0 Å². The number of amides is 1. The van der Waals surface area contributed by atoms with Crippen molar-refractivity contribution in [1.29, 1.82) is 0 Å². The van der Waals surface area contributed by atoms with Gasteiger partial charge in [-0.2, -0.15) is 0 Å². The quantitative estimate of drug-likeness (QED) is 0.500. The second kappa shape index (κ2) is 9.94. The summed E-state index contributed by atoms with van der Waals surface area (Å²) in [6, 6.07) is 15.7. The number of aryl methyl sites for hydroxylation is 1. The molecule has 1 fully saturated rings. The summed E-state index contributed by atoms with van der Waals surface area (Å²) in [5.41, 5.74) is 9.30. The highest BCUT2D eigenvalue weighted by molar-refractivity contribution is 5.78. The fourth-order valence-electron chi connectivity index (χ4n) is 3.41. The molecule has 0 radical (unpaired) electrons. The highest BCUT2D eigenvalue weighted by Crippen LogP contribution is 2.22. The van der Waals surface area contributed by atoms with Gasteiger partial charge in [0, 0.05) is 13.1 Å². The number of para-hydroxylation sites is 2. The first-order valence-electron chi connectivity index (χ1n) is 10.9. The second-order valence-corrected chi connectivity index (χ2v) is 9.33. The number of ether oxygens (including phenoxy) is 2. The Hall–Kier alpha value is -3.22. The van der Waals surface area contributed by atoms with Gasteiger partial charge in [-0.05, 0) is 51.8 Å². The monoisotopic (exact) mass is 439 g/mol. The summed E-state index contributed by atoms with van der Waals surface area (Å²) in [5.74, 6) is -0.633. The van der Waals surface area contributed by atoms with E-state index in [1.165, 1.54) is 10.5 Å². The van der Waals surface area contributed by atoms with Crippen molar-refractivity contribution in [1.82, 2.24) is 4.90 Å². The average molecular weight is 440 g/mol. The van der Waals surface area contributed by atoms with Crippen LogP contribution in [-0.2, 0) is 20.7 Å². The third-order valence-electron chi connectivity index (χ3n) is 5.22. The Morgan fingerprint density at radius 1 is 1.12 bits per heavy atom. The molecule has 7 heteroatoms. The van der Waals surface area contributed by atoms with Crippen molar-refractivity contribution in [3.63, 3.8) is 0 Å². The Balaban J connectivity index is 1.56. The first-order chi connectivity index (χ1) is 15.1. The molecule has 0 aliphatic carbocycles. The molecular weight excluding hydrogens is 406 g/mol. The third-order valence-corrected chi connectivity index (χ3v) is 5.22. The molecule has 1 aliphatic rings. The minimum atomic E-state index is -0.559. The lowest BCUT2D eigenvalue weighted by atomic mass is 10.0. The van der Waals surface area contributed by atoms with Crippen molar-refractivity contribution in [2.75, 3.05) is 30.7 Å². The van der Waals surface area contributed by atoms with Gasteiger partial charge in [-0.3, -0.25) is 4.79 Å². The summed E-state index contributed by atoms with van der Waals surface area (Å²) < 4.78 is 11.0. The summed E-state index contributed by atoms with van der Waals surface area (Å²) in [4.78, 5) is 26.1. The number of hydrogen-bond donors (Lipinski definition) is 2. The number of rotatable bonds is 7. The molecule has 1 aliphatic heterocycles. The molecule has 0 spiro atoms. The average Bonchev–Trinajstić information content (AvgIpc) is 2.67. The van der Waals surface area contributed by atoms with E-state index in [4.69, 9.17) is 15.2 Å². The minimum absolute atomic E-state index is 0.145. The van der Waals surface area contributed by atoms with Gasteiger partial charge in [-0.15, -0.1) is 0 Å². The molecule has 1 amide bonds. The minimum Gasteiger partial charge on any atom is -0.463 e. The van der Waals surface area contributed by atoms with Crippen LogP contribution in [-0.4, -0.2) is 48.3 Å². The first kappa shape index (κ1) is 23.4. The van der Waals surface area contributed by atoms with Crippen LogP contribution in [0.25, 0.3) is 0 Å². The van der Waals surface area contributed by atoms with E-state index in [2.05, 4.69) is 29.6 Å². The summed E-state index contributed by atoms with van der Waals surface area (Å²) in [6.07, 6.45) is 0.274. The van der Waals surface area contributed by atoms with Gasteiger partial charge in [-0.1, -0.05) is 42.0 Å². The molecular formula is C25H33N3O4. The number of nitrogens with one attached hydrogen (secondary N) is 1. The van der Waals surface area contributed by atoms with Gasteiger partial charge in [0.05, 0.1) is 23.3 Å². The third kappa shape index (κ3) is 6.64. The van der Waals surface area contributed by atoms with Crippen LogP contribution in [0, 0.1) is 12.8 Å². The maximum Gasteiger partial charge on any atom is 0.410 e. The number of nitrogens with zero attached hydrogens (tertiary/aromatic N) is 1. The van der Waals surface area contributed by atoms with E-state index < -0.39 is 11.7 Å². The van der Waals surface area contributed by atoms with Crippen LogP contribution < -0.4 is 11.1 Å². The molecule has 1 saturated heterocycles. The van der Waals surface area contributed by atoms with E-state index in [1.807, 2.05) is 52.0 Å². The van der Waals surface area contributed by atoms with Crippen LogP contribution in [0.2, 0.25) is 0 Å². The van der Waals surface area contributed by atoms with E-state index in [1.54, 1.807) is 0 Å². The summed E-state index contributed by atoms with van der Waals surface area (Å²) in [7, 11) is 0. The molecule has 3 N–H and O–H groups in total. The van der Waals surface area contributed by atoms with E-state index in [0.717, 1.165) is 11.3 Å². The molecule has 2 aromatic rings. The molecule has 0 saturated carbocycles. The van der Waals surface area contributed by atoms with Gasteiger partial charge in [0.1, 0.15) is 12.2 Å². The fraction of sp³-hybridized carbons (Fsp3) is 0.440. The number of esters is 1. The lowest BCUT2D eigenvalue weighted by Crippen LogP contribution is -2.54. The van der Waals surface area contributed by atoms with Gasteiger partial charge in [-0.25, -0.2) is 4.79 Å². The SMILES string of the molecule is Cc1ccc(CC(COC(=O)C2CN(C(=O)OC(C)(C)C)C2)Nc2ccccc2N)cc1. The summed E-state index contributed by atoms with van der Waals surface area (Å²) >= 11 is 0. The fourth-order valence-corrected chi connectivity index (χ4v) is 3.41. The lowest BCUT2D eigenvalue weighted by molar-refractivity contribution is -0.154. The number of likely N-dealkylation sites (tertiary alicyclic amines) is 1. The zero-order valence-electron chi connectivity index (χ0n) is 19.3. The van der Waals surface area contributed by atoms with Crippen LogP contribution in [0.5, 0.6) is 0 Å². The lowest BCUT2D eigenvalue weighted by Gasteiger charge is -2.38. The number of hydrogen-bond acceptors (Lipinski definition) is 6. The Morgan fingerprint density at radius 3 is 2.41 bits per heavy atom. The first-order valence-corrected chi connectivity index (χ1v) is 10.9. The number of nitrogens with two attached hydrogens (primary N) is 1. The normalized spacial score (nSPS) is 14.9. The molecule has 1 heterocycles. The molecule has 32 heavy (non-hydrogen) atoms. The van der Waals surface area contributed by atoms with Crippen LogP contribution in [0.4, 0.5) is 16.2 Å². The van der Waals surface area contributed by atoms with Crippen molar-refractivity contribution in [3.8, 4) is 0 Å². The summed E-state index contributed by atoms with van der Waals surface area (Å²) in [5, 5.41) is 3.41. The van der Waals surface area contributed by atoms with Gasteiger partial charge < -0.3 is 25.4 Å². The zero-order chi connectivity index (χ0) is 23.3. The predicted molar refractivity (Wildman–Crippen MR) is 125 cm³/mol. The van der Waals surface area contributed by atoms with E-state index in [9.17, 15) is 9.59 Å². The number of carbonyl (C=O) groups is 2. The number of benzene rings is 2. The van der Waals surface area contributed by atoms with Crippen molar-refractivity contribution < 1.29 is 19.1 Å². The van der Waals surface area contributed by atoms with Crippen LogP contribution in [0.15, 0.2) is 48.5 Å². The Bertz CT molecular complexity index is 931. The molecule has 0 aromatic heterocycles. The number of anilines is 2. The zero-order valence-corrected chi connectivity index (χ0v) is 19.3. The Kier molecular flexibility index (Phi) is 7.28. The molecule has 3 rings (SSSR count). The molecule has 1 atom stereocenters. The van der Waals surface area contributed by atoms with Crippen molar-refractivity contribution in [2.24, 2.45) is 5.92 Å². The highest BCUT2D eigenvalue weighted by Gasteiger charge is 2.39. The van der Waals surface area contributed by atoms with Crippen molar-refractivity contribution in [3.05, 3.63) is 59.7 Å². The van der Waals surface area contributed by atoms with Gasteiger partial charge in [0.25, 0.3) is 0 Å². The van der Waals surface area contributed by atoms with Crippen LogP contribution in [0.1, 0.15) is 31.9 Å². The second-order valence-electron chi connectivity index (χ2n) is 9.33. The molecule has 2 aromatic carbocycles. The van der Waals surface area contributed by atoms with E-state index >= 15 is 0 Å². The molecule has 7 nitrogen and oxygen atoms in total. The van der Waals surface area contributed by atoms with E-state index in [-0.39, 0.29) is 24.5 Å². The van der Waals surface area contributed by atoms with Gasteiger partial charge in [0.15, 0.2) is 0 Å². The van der Waals surface area contributed by atoms with Gasteiger partial charge in [0.2, 0.25) is 0 Å². The van der Waals surface area contributed by atoms with Crippen molar-refractivity contribution >= 4 is 23.4 Å². The molecule has 0 bridgehead atoms. The van der Waals surface area contributed by atoms with Gasteiger partial charge >= 0.3 is 12.1 Å². The standard InChI is InChI=1S/C25H33N3O4/c1-17-9-11-18(12-10-17)13-20(27-22-8-6-5-7-21(22)26)16-31-23(29)19-14-28(15-19)24(30)32-25(2,3)4/h5-12,19-20,27H,13-16,26H2,1-4H3. The smallest absolute Gasteiger partial charge is 0.410 e. The predicted octanol–water partition coefficient (Wildman–Crippen LogP) is 4.01. The largest absolute Gasteiger partial charge is 0.463 e. The molecule has 1 unspecified atom stereocenters. The number of nitrogen functional groups attached to an aromatic ring is 1. The Morgan fingerprint density at radius 2 is 1.78 bits per heavy atom. The maximum atomic E-state index is 12.5.